The van der Waals surface area contributed by atoms with E-state index < -0.39 is 0 Å². The lowest BCUT2D eigenvalue weighted by atomic mass is 9.93. The number of pyridine rings is 1. The average Bonchev–Trinajstić information content (AvgIpc) is 2.69. The van der Waals surface area contributed by atoms with Crippen LogP contribution < -0.4 is 11.1 Å². The van der Waals surface area contributed by atoms with Crippen LogP contribution in [-0.4, -0.2) is 29.0 Å². The van der Waals surface area contributed by atoms with Crippen LogP contribution in [0.4, 0.5) is 0 Å². The predicted molar refractivity (Wildman–Crippen MR) is 121 cm³/mol. The topological polar surface area (TPSA) is 54.2 Å². The third-order valence-corrected chi connectivity index (χ3v) is 5.75. The summed E-state index contributed by atoms with van der Waals surface area (Å²) >= 11 is 0. The van der Waals surface area contributed by atoms with E-state index in [0.29, 0.717) is 6.04 Å². The molecule has 0 spiro atoms. The van der Waals surface area contributed by atoms with Crippen molar-refractivity contribution in [2.45, 2.75) is 39.2 Å². The van der Waals surface area contributed by atoms with Crippen molar-refractivity contribution in [3.8, 4) is 0 Å². The lowest BCUT2D eigenvalue weighted by Gasteiger charge is -2.29. The van der Waals surface area contributed by atoms with Crippen LogP contribution >= 0.6 is 0 Å². The van der Waals surface area contributed by atoms with Gasteiger partial charge in [0.05, 0.1) is 17.1 Å². The molecule has 2 heterocycles. The molecule has 0 bridgehead atoms. The fraction of sp³-hybridized carbons (Fsp3) is 0.320. The molecule has 1 aromatic heterocycles. The Labute approximate surface area is 173 Å². The molecular weight excluding hydrogens is 356 g/mol. The minimum Gasteiger partial charge on any atom is -0.396 e. The number of hydrogen-bond acceptors (Lipinski definition) is 4. The zero-order valence-corrected chi connectivity index (χ0v) is 17.4. The largest absolute Gasteiger partial charge is 0.396 e. The molecule has 1 saturated carbocycles. The van der Waals surface area contributed by atoms with Crippen molar-refractivity contribution >= 4 is 11.4 Å². The van der Waals surface area contributed by atoms with Crippen LogP contribution in [0.25, 0.3) is 11.4 Å². The van der Waals surface area contributed by atoms with E-state index in [-0.39, 0.29) is 0 Å². The van der Waals surface area contributed by atoms with Gasteiger partial charge in [0.15, 0.2) is 0 Å². The lowest BCUT2D eigenvalue weighted by molar-refractivity contribution is 0.349. The summed E-state index contributed by atoms with van der Waals surface area (Å²) in [6.07, 6.45) is 10.6. The van der Waals surface area contributed by atoms with E-state index in [1.165, 1.54) is 30.4 Å². The van der Waals surface area contributed by atoms with Gasteiger partial charge in [0.1, 0.15) is 0 Å². The highest BCUT2D eigenvalue weighted by Gasteiger charge is 2.19. The Bertz CT molecular complexity index is 949. The molecule has 1 fully saturated rings. The summed E-state index contributed by atoms with van der Waals surface area (Å²) in [5, 5.41) is 3.64. The van der Waals surface area contributed by atoms with Gasteiger partial charge in [0.25, 0.3) is 0 Å². The standard InChI is InChI=1S/C25H30N4/c1-18-9-11-21(12-10-18)24(26)25(23-8-3-5-19(2)28-23)29-15-13-20(14-16-29)17-27-22-6-4-7-22/h3,5,8-15,22,27H,4,6-7,16-17,26H2,1-2H3/b25-24-. The molecule has 2 aliphatic rings. The van der Waals surface area contributed by atoms with Crippen molar-refractivity contribution < 1.29 is 0 Å². The molecule has 1 aliphatic carbocycles. The number of benzene rings is 1. The summed E-state index contributed by atoms with van der Waals surface area (Å²) in [4.78, 5) is 6.96. The van der Waals surface area contributed by atoms with E-state index in [4.69, 9.17) is 10.7 Å². The number of aromatic nitrogens is 1. The molecule has 150 valence electrons. The van der Waals surface area contributed by atoms with Gasteiger partial charge in [0.2, 0.25) is 0 Å². The minimum absolute atomic E-state index is 0.700. The number of rotatable bonds is 6. The van der Waals surface area contributed by atoms with E-state index in [0.717, 1.165) is 41.4 Å². The summed E-state index contributed by atoms with van der Waals surface area (Å²) in [6, 6.07) is 15.1. The summed E-state index contributed by atoms with van der Waals surface area (Å²) < 4.78 is 0. The number of nitrogens with one attached hydrogen (secondary N) is 1. The van der Waals surface area contributed by atoms with Gasteiger partial charge in [-0.15, -0.1) is 0 Å². The molecule has 0 amide bonds. The maximum Gasteiger partial charge on any atom is 0.0909 e. The second-order valence-electron chi connectivity index (χ2n) is 8.05. The van der Waals surface area contributed by atoms with Crippen molar-refractivity contribution in [1.82, 2.24) is 15.2 Å². The van der Waals surface area contributed by atoms with Crippen molar-refractivity contribution in [2.75, 3.05) is 13.1 Å². The van der Waals surface area contributed by atoms with E-state index >= 15 is 0 Å². The van der Waals surface area contributed by atoms with E-state index in [1.807, 2.05) is 25.1 Å². The second kappa shape index (κ2) is 8.66. The van der Waals surface area contributed by atoms with Gasteiger partial charge in [-0.25, -0.2) is 0 Å². The Balaban J connectivity index is 1.61. The fourth-order valence-electron chi connectivity index (χ4n) is 3.69. The zero-order chi connectivity index (χ0) is 20.2. The van der Waals surface area contributed by atoms with Gasteiger partial charge in [-0.3, -0.25) is 4.98 Å². The Morgan fingerprint density at radius 1 is 1.14 bits per heavy atom. The molecule has 0 atom stereocenters. The van der Waals surface area contributed by atoms with Gasteiger partial charge < -0.3 is 16.0 Å². The molecule has 29 heavy (non-hydrogen) atoms. The molecule has 4 rings (SSSR count). The van der Waals surface area contributed by atoms with Crippen molar-refractivity contribution in [3.05, 3.63) is 88.9 Å². The predicted octanol–water partition coefficient (Wildman–Crippen LogP) is 4.38. The average molecular weight is 387 g/mol. The van der Waals surface area contributed by atoms with Crippen LogP contribution in [0.3, 0.4) is 0 Å². The molecule has 3 N–H and O–H groups in total. The third-order valence-electron chi connectivity index (χ3n) is 5.75. The summed E-state index contributed by atoms with van der Waals surface area (Å²) in [5.74, 6) is 0. The first-order valence-electron chi connectivity index (χ1n) is 10.5. The fourth-order valence-corrected chi connectivity index (χ4v) is 3.69. The van der Waals surface area contributed by atoms with Gasteiger partial charge in [-0.05, 0) is 56.0 Å². The lowest BCUT2D eigenvalue weighted by Crippen LogP contribution is -2.36. The highest BCUT2D eigenvalue weighted by molar-refractivity contribution is 5.87. The SMILES string of the molecule is Cc1ccc(/C(N)=C(\c2cccc(C)n2)N2C=CC(CNC3CCC3)=CC2)cc1. The molecule has 0 radical (unpaired) electrons. The van der Waals surface area contributed by atoms with Gasteiger partial charge in [0, 0.05) is 31.0 Å². The summed E-state index contributed by atoms with van der Waals surface area (Å²) in [7, 11) is 0. The molecule has 1 aromatic carbocycles. The van der Waals surface area contributed by atoms with Crippen molar-refractivity contribution in [3.63, 3.8) is 0 Å². The Hall–Kier alpha value is -2.85. The van der Waals surface area contributed by atoms with Crippen LogP contribution in [0.1, 0.15) is 41.8 Å². The van der Waals surface area contributed by atoms with Gasteiger partial charge in [-0.1, -0.05) is 48.4 Å². The normalized spacial score (nSPS) is 17.6. The molecule has 0 unspecified atom stereocenters. The first kappa shape index (κ1) is 19.5. The molecule has 2 aromatic rings. The summed E-state index contributed by atoms with van der Waals surface area (Å²) in [6.45, 7) is 5.82. The number of nitrogens with two attached hydrogens (primary N) is 1. The number of nitrogens with zero attached hydrogens (tertiary/aromatic N) is 2. The zero-order valence-electron chi connectivity index (χ0n) is 17.4. The monoisotopic (exact) mass is 386 g/mol. The van der Waals surface area contributed by atoms with Crippen LogP contribution in [-0.2, 0) is 0 Å². The Kier molecular flexibility index (Phi) is 5.81. The van der Waals surface area contributed by atoms with Crippen molar-refractivity contribution in [1.29, 1.82) is 0 Å². The minimum atomic E-state index is 0.700. The van der Waals surface area contributed by atoms with E-state index in [9.17, 15) is 0 Å². The molecule has 4 nitrogen and oxygen atoms in total. The number of aryl methyl sites for hydroxylation is 2. The van der Waals surface area contributed by atoms with E-state index in [2.05, 4.69) is 59.8 Å². The van der Waals surface area contributed by atoms with E-state index in [1.54, 1.807) is 0 Å². The smallest absolute Gasteiger partial charge is 0.0909 e. The second-order valence-corrected chi connectivity index (χ2v) is 8.05. The summed E-state index contributed by atoms with van der Waals surface area (Å²) in [5.41, 5.74) is 13.9. The highest BCUT2D eigenvalue weighted by Crippen LogP contribution is 2.28. The third kappa shape index (κ3) is 4.60. The van der Waals surface area contributed by atoms with Crippen LogP contribution in [0.5, 0.6) is 0 Å². The van der Waals surface area contributed by atoms with Gasteiger partial charge >= 0.3 is 0 Å². The quantitative estimate of drug-likeness (QED) is 0.774. The molecular formula is C25H30N4. The van der Waals surface area contributed by atoms with Gasteiger partial charge in [-0.2, -0.15) is 0 Å². The Morgan fingerprint density at radius 2 is 1.93 bits per heavy atom. The molecule has 0 saturated heterocycles. The van der Waals surface area contributed by atoms with Crippen LogP contribution in [0.15, 0.2) is 66.4 Å². The maximum absolute atomic E-state index is 6.69. The Morgan fingerprint density at radius 3 is 2.55 bits per heavy atom. The first-order valence-corrected chi connectivity index (χ1v) is 10.5. The van der Waals surface area contributed by atoms with Crippen molar-refractivity contribution in [2.24, 2.45) is 5.73 Å². The molecule has 4 heteroatoms. The number of hydrogen-bond donors (Lipinski definition) is 2. The first-order chi connectivity index (χ1) is 14.1. The van der Waals surface area contributed by atoms with Crippen LogP contribution in [0.2, 0.25) is 0 Å². The molecule has 1 aliphatic heterocycles. The van der Waals surface area contributed by atoms with Crippen LogP contribution in [0, 0.1) is 13.8 Å². The maximum atomic E-state index is 6.69. The highest BCUT2D eigenvalue weighted by atomic mass is 15.1.